The predicted molar refractivity (Wildman–Crippen MR) is 132 cm³/mol. The number of carbonyl (C=O) groups excluding carboxylic acids is 2. The molecule has 5 aromatic rings. The maximum atomic E-state index is 13.7. The summed E-state index contributed by atoms with van der Waals surface area (Å²) in [7, 11) is 0. The second-order valence-electron chi connectivity index (χ2n) is 8.19. The lowest BCUT2D eigenvalue weighted by Crippen LogP contribution is -2.26. The molecule has 2 aromatic heterocycles. The number of pyridine rings is 1. The Morgan fingerprint density at radius 3 is 2.36 bits per heavy atom. The first-order chi connectivity index (χ1) is 17.5. The highest BCUT2D eigenvalue weighted by Gasteiger charge is 2.26. The number of amides is 1. The van der Waals surface area contributed by atoms with E-state index in [-0.39, 0.29) is 17.9 Å². The summed E-state index contributed by atoms with van der Waals surface area (Å²) in [6.45, 7) is 0.245. The van der Waals surface area contributed by atoms with Crippen molar-refractivity contribution >= 4 is 22.9 Å². The van der Waals surface area contributed by atoms with Gasteiger partial charge in [-0.15, -0.1) is 0 Å². The fraction of sp³-hybridized carbons (Fsp3) is 0.0714. The molecule has 0 bridgehead atoms. The fourth-order valence-corrected chi connectivity index (χ4v) is 3.99. The third-order valence-electron chi connectivity index (χ3n) is 5.71. The van der Waals surface area contributed by atoms with E-state index < -0.39 is 18.0 Å². The van der Waals surface area contributed by atoms with Crippen LogP contribution in [0.2, 0.25) is 0 Å². The van der Waals surface area contributed by atoms with Crippen molar-refractivity contribution in [2.45, 2.75) is 12.6 Å². The molecule has 2 heterocycles. The zero-order valence-corrected chi connectivity index (χ0v) is 19.0. The van der Waals surface area contributed by atoms with Crippen LogP contribution in [0.15, 0.2) is 97.2 Å². The van der Waals surface area contributed by atoms with Gasteiger partial charge in [0.05, 0.1) is 29.4 Å². The van der Waals surface area contributed by atoms with E-state index in [1.165, 1.54) is 18.3 Å². The van der Waals surface area contributed by atoms with Gasteiger partial charge in [0, 0.05) is 11.1 Å². The van der Waals surface area contributed by atoms with Crippen LogP contribution in [0, 0.1) is 5.82 Å². The molecule has 178 valence electrons. The Hall–Kier alpha value is -4.85. The van der Waals surface area contributed by atoms with Crippen molar-refractivity contribution in [3.8, 4) is 11.3 Å². The second kappa shape index (κ2) is 9.79. The molecule has 8 heteroatoms. The van der Waals surface area contributed by atoms with Gasteiger partial charge in [0.15, 0.2) is 5.65 Å². The molecule has 36 heavy (non-hydrogen) atoms. The van der Waals surface area contributed by atoms with E-state index >= 15 is 0 Å². The zero-order chi connectivity index (χ0) is 25.1. The van der Waals surface area contributed by atoms with E-state index in [9.17, 15) is 14.0 Å². The highest BCUT2D eigenvalue weighted by atomic mass is 19.1. The SMILES string of the molecule is NC(=O)C(OC(=O)c1cc(-c2ccccc2)nc2c1cnn2Cc1cccc(F)c1)c1ccccc1. The molecule has 2 N–H and O–H groups in total. The van der Waals surface area contributed by atoms with Gasteiger partial charge in [-0.1, -0.05) is 72.8 Å². The molecule has 0 radical (unpaired) electrons. The van der Waals surface area contributed by atoms with Crippen LogP contribution < -0.4 is 5.73 Å². The van der Waals surface area contributed by atoms with E-state index in [1.807, 2.05) is 30.3 Å². The minimum Gasteiger partial charge on any atom is -0.444 e. The van der Waals surface area contributed by atoms with Crippen LogP contribution in [-0.2, 0) is 16.1 Å². The predicted octanol–water partition coefficient (Wildman–Crippen LogP) is 4.67. The Kier molecular flexibility index (Phi) is 6.23. The summed E-state index contributed by atoms with van der Waals surface area (Å²) in [5, 5.41) is 4.84. The van der Waals surface area contributed by atoms with Crippen LogP contribution in [0.5, 0.6) is 0 Å². The molecule has 3 aromatic carbocycles. The third kappa shape index (κ3) is 4.69. The Morgan fingerprint density at radius 1 is 0.944 bits per heavy atom. The van der Waals surface area contributed by atoms with Gasteiger partial charge in [0.1, 0.15) is 5.82 Å². The molecule has 0 saturated carbocycles. The van der Waals surface area contributed by atoms with E-state index in [4.69, 9.17) is 15.5 Å². The van der Waals surface area contributed by atoms with Crippen molar-refractivity contribution in [1.82, 2.24) is 14.8 Å². The fourth-order valence-electron chi connectivity index (χ4n) is 3.99. The lowest BCUT2D eigenvalue weighted by molar-refractivity contribution is -0.127. The average molecular weight is 480 g/mol. The first-order valence-corrected chi connectivity index (χ1v) is 11.2. The molecule has 0 saturated heterocycles. The highest BCUT2D eigenvalue weighted by Crippen LogP contribution is 2.28. The van der Waals surface area contributed by atoms with Gasteiger partial charge in [0.2, 0.25) is 6.10 Å². The molecule has 0 fully saturated rings. The number of rotatable bonds is 7. The summed E-state index contributed by atoms with van der Waals surface area (Å²) in [6, 6.07) is 25.7. The Morgan fingerprint density at radius 2 is 1.67 bits per heavy atom. The topological polar surface area (TPSA) is 100 Å². The molecule has 7 nitrogen and oxygen atoms in total. The number of primary amides is 1. The molecule has 0 aliphatic heterocycles. The number of hydrogen-bond donors (Lipinski definition) is 1. The van der Waals surface area contributed by atoms with Gasteiger partial charge in [0.25, 0.3) is 5.91 Å². The minimum atomic E-state index is -1.26. The number of nitrogens with two attached hydrogens (primary N) is 1. The molecule has 0 aliphatic carbocycles. The summed E-state index contributed by atoms with van der Waals surface area (Å²) in [6.07, 6.45) is 0.249. The minimum absolute atomic E-state index is 0.187. The number of halogens is 1. The Labute approximate surface area is 206 Å². The third-order valence-corrected chi connectivity index (χ3v) is 5.71. The summed E-state index contributed by atoms with van der Waals surface area (Å²) in [4.78, 5) is 30.3. The number of benzene rings is 3. The molecular formula is C28H21FN4O3. The van der Waals surface area contributed by atoms with E-state index in [2.05, 4.69) is 5.10 Å². The number of nitrogens with zero attached hydrogens (tertiary/aromatic N) is 3. The van der Waals surface area contributed by atoms with Gasteiger partial charge in [-0.3, -0.25) is 4.79 Å². The van der Waals surface area contributed by atoms with Crippen molar-refractivity contribution in [3.63, 3.8) is 0 Å². The molecule has 1 amide bonds. The van der Waals surface area contributed by atoms with Gasteiger partial charge in [-0.25, -0.2) is 18.9 Å². The summed E-state index contributed by atoms with van der Waals surface area (Å²) in [5.74, 6) is -1.88. The molecule has 0 spiro atoms. The first-order valence-electron chi connectivity index (χ1n) is 11.2. The van der Waals surface area contributed by atoms with Crippen LogP contribution in [0.1, 0.15) is 27.6 Å². The van der Waals surface area contributed by atoms with Crippen LogP contribution in [0.3, 0.4) is 0 Å². The van der Waals surface area contributed by atoms with E-state index in [0.29, 0.717) is 27.9 Å². The largest absolute Gasteiger partial charge is 0.444 e. The van der Waals surface area contributed by atoms with Crippen molar-refractivity contribution < 1.29 is 18.7 Å². The zero-order valence-electron chi connectivity index (χ0n) is 19.0. The van der Waals surface area contributed by atoms with E-state index in [0.717, 1.165) is 5.56 Å². The number of carbonyl (C=O) groups is 2. The van der Waals surface area contributed by atoms with Gasteiger partial charge < -0.3 is 10.5 Å². The first kappa shape index (κ1) is 22.9. The van der Waals surface area contributed by atoms with Crippen LogP contribution in [0.4, 0.5) is 4.39 Å². The Balaban J connectivity index is 1.59. The molecule has 1 atom stereocenters. The quantitative estimate of drug-likeness (QED) is 0.341. The number of aromatic nitrogens is 3. The van der Waals surface area contributed by atoms with Crippen molar-refractivity contribution in [2.24, 2.45) is 5.73 Å². The maximum Gasteiger partial charge on any atom is 0.340 e. The highest BCUT2D eigenvalue weighted by molar-refractivity contribution is 6.04. The molecule has 5 rings (SSSR count). The summed E-state index contributed by atoms with van der Waals surface area (Å²) >= 11 is 0. The summed E-state index contributed by atoms with van der Waals surface area (Å²) in [5.41, 5.74) is 8.62. The molecule has 1 unspecified atom stereocenters. The average Bonchev–Trinajstić information content (AvgIpc) is 3.30. The van der Waals surface area contributed by atoms with Crippen LogP contribution in [-0.4, -0.2) is 26.6 Å². The monoisotopic (exact) mass is 480 g/mol. The Bertz CT molecular complexity index is 1550. The van der Waals surface area contributed by atoms with E-state index in [1.54, 1.807) is 53.2 Å². The normalized spacial score (nSPS) is 11.8. The van der Waals surface area contributed by atoms with Crippen LogP contribution >= 0.6 is 0 Å². The lowest BCUT2D eigenvalue weighted by Gasteiger charge is -2.16. The standard InChI is InChI=1S/C28H21FN4O3/c29-21-13-7-8-18(14-21)17-33-27-23(16-31-33)22(15-24(32-27)19-9-3-1-4-10-19)28(35)36-25(26(30)34)20-11-5-2-6-12-20/h1-16,25H,17H2,(H2,30,34). The smallest absolute Gasteiger partial charge is 0.340 e. The number of esters is 1. The van der Waals surface area contributed by atoms with Crippen LogP contribution in [0.25, 0.3) is 22.3 Å². The van der Waals surface area contributed by atoms with Gasteiger partial charge >= 0.3 is 5.97 Å². The van der Waals surface area contributed by atoms with Gasteiger partial charge in [-0.05, 0) is 23.8 Å². The summed E-state index contributed by atoms with van der Waals surface area (Å²) < 4.78 is 20.9. The van der Waals surface area contributed by atoms with Crippen molar-refractivity contribution in [3.05, 3.63) is 120 Å². The van der Waals surface area contributed by atoms with Gasteiger partial charge in [-0.2, -0.15) is 5.10 Å². The lowest BCUT2D eigenvalue weighted by atomic mass is 10.1. The maximum absolute atomic E-state index is 13.7. The van der Waals surface area contributed by atoms with Crippen molar-refractivity contribution in [1.29, 1.82) is 0 Å². The number of fused-ring (bicyclic) bond motifs is 1. The molecular weight excluding hydrogens is 459 g/mol. The molecule has 0 aliphatic rings. The second-order valence-corrected chi connectivity index (χ2v) is 8.19. The van der Waals surface area contributed by atoms with Crippen molar-refractivity contribution in [2.75, 3.05) is 0 Å². The number of hydrogen-bond acceptors (Lipinski definition) is 5. The number of ether oxygens (including phenoxy) is 1.